The Bertz CT molecular complexity index is 464. The van der Waals surface area contributed by atoms with E-state index in [2.05, 4.69) is 5.32 Å². The van der Waals surface area contributed by atoms with Crippen molar-refractivity contribution in [3.8, 4) is 5.75 Å². The molecule has 0 spiro atoms. The second-order valence-electron chi connectivity index (χ2n) is 3.79. The van der Waals surface area contributed by atoms with E-state index < -0.39 is 5.25 Å². The summed E-state index contributed by atoms with van der Waals surface area (Å²) in [6.45, 7) is 0.505. The van der Waals surface area contributed by atoms with Gasteiger partial charge in [-0.2, -0.15) is 0 Å². The van der Waals surface area contributed by atoms with Crippen molar-refractivity contribution in [2.24, 2.45) is 0 Å². The molecule has 1 aromatic carbocycles. The minimum atomic E-state index is -0.391. The van der Waals surface area contributed by atoms with Gasteiger partial charge >= 0.3 is 0 Å². The highest BCUT2D eigenvalue weighted by Crippen LogP contribution is 2.27. The zero-order chi connectivity index (χ0) is 13.0. The Kier molecular flexibility index (Phi) is 4.22. The van der Waals surface area contributed by atoms with Crippen LogP contribution in [0.1, 0.15) is 5.56 Å². The van der Waals surface area contributed by atoms with Crippen LogP contribution in [0.2, 0.25) is 0 Å². The minimum Gasteiger partial charge on any atom is -0.492 e. The van der Waals surface area contributed by atoms with Crippen LogP contribution in [-0.2, 0) is 11.2 Å². The van der Waals surface area contributed by atoms with Gasteiger partial charge in [0.25, 0.3) is 5.24 Å². The van der Waals surface area contributed by atoms with Gasteiger partial charge in [0.1, 0.15) is 12.4 Å². The number of imide groups is 1. The summed E-state index contributed by atoms with van der Waals surface area (Å²) in [7, 11) is 0. The van der Waals surface area contributed by atoms with Crippen molar-refractivity contribution in [1.29, 1.82) is 0 Å². The summed E-state index contributed by atoms with van der Waals surface area (Å²) in [4.78, 5) is 22.6. The predicted molar refractivity (Wildman–Crippen MR) is 68.5 cm³/mol. The van der Waals surface area contributed by atoms with Crippen LogP contribution in [-0.4, -0.2) is 29.5 Å². The van der Waals surface area contributed by atoms with E-state index in [9.17, 15) is 9.59 Å². The van der Waals surface area contributed by atoms with E-state index in [0.717, 1.165) is 17.3 Å². The molecule has 1 saturated heterocycles. The fraction of sp³-hybridized carbons (Fsp3) is 0.333. The van der Waals surface area contributed by atoms with Gasteiger partial charge in [-0.1, -0.05) is 30.0 Å². The first-order valence-electron chi connectivity index (χ1n) is 5.57. The van der Waals surface area contributed by atoms with Crippen LogP contribution in [0.5, 0.6) is 5.75 Å². The molecular weight excluding hydrogens is 252 g/mol. The van der Waals surface area contributed by atoms with Gasteiger partial charge in [0.05, 0.1) is 5.25 Å². The van der Waals surface area contributed by atoms with Crippen molar-refractivity contribution in [1.82, 2.24) is 11.1 Å². The Balaban J connectivity index is 2.08. The summed E-state index contributed by atoms with van der Waals surface area (Å²) in [5, 5.41) is 1.58. The summed E-state index contributed by atoms with van der Waals surface area (Å²) >= 11 is 1.01. The van der Waals surface area contributed by atoms with Gasteiger partial charge in [-0.15, -0.1) is 0 Å². The third kappa shape index (κ3) is 3.02. The predicted octanol–water partition coefficient (Wildman–Crippen LogP) is 1.24. The highest BCUT2D eigenvalue weighted by Gasteiger charge is 2.32. The van der Waals surface area contributed by atoms with E-state index in [1.807, 2.05) is 24.3 Å². The van der Waals surface area contributed by atoms with Crippen LogP contribution in [0, 0.1) is 0 Å². The van der Waals surface area contributed by atoms with Gasteiger partial charge in [-0.3, -0.25) is 20.6 Å². The van der Waals surface area contributed by atoms with E-state index in [4.69, 9.17) is 10.5 Å². The number of hydrogen-bond donors (Lipinski definition) is 1. The van der Waals surface area contributed by atoms with E-state index in [-0.39, 0.29) is 17.7 Å². The van der Waals surface area contributed by atoms with Crippen molar-refractivity contribution in [2.75, 3.05) is 13.2 Å². The standard InChI is InChI=1S/C12H13N2O3S/c13-5-6-17-9-4-2-1-3-8(9)7-10-11(15)14-12(16)18-10/h1-4,10,13H,5-7H2,(H,14,15,16). The number of carbonyl (C=O) groups excluding carboxylic acids is 2. The molecule has 2 N–H and O–H groups in total. The third-order valence-corrected chi connectivity index (χ3v) is 3.49. The smallest absolute Gasteiger partial charge is 0.286 e. The van der Waals surface area contributed by atoms with Crippen LogP contribution in [0.4, 0.5) is 4.79 Å². The quantitative estimate of drug-likeness (QED) is 0.868. The molecule has 1 fully saturated rings. The van der Waals surface area contributed by atoms with Crippen LogP contribution < -0.4 is 15.8 Å². The molecule has 1 unspecified atom stereocenters. The second-order valence-corrected chi connectivity index (χ2v) is 4.97. The van der Waals surface area contributed by atoms with Gasteiger partial charge in [-0.25, -0.2) is 0 Å². The third-order valence-electron chi connectivity index (χ3n) is 2.50. The van der Waals surface area contributed by atoms with Crippen molar-refractivity contribution < 1.29 is 14.3 Å². The molecule has 5 nitrogen and oxygen atoms in total. The zero-order valence-corrected chi connectivity index (χ0v) is 10.5. The topological polar surface area (TPSA) is 79.2 Å². The Labute approximate surface area is 109 Å². The number of para-hydroxylation sites is 1. The molecule has 1 aromatic rings. The first-order valence-corrected chi connectivity index (χ1v) is 6.45. The lowest BCUT2D eigenvalue weighted by Gasteiger charge is -2.12. The van der Waals surface area contributed by atoms with Crippen molar-refractivity contribution in [3.05, 3.63) is 29.8 Å². The molecule has 0 aliphatic carbocycles. The largest absolute Gasteiger partial charge is 0.492 e. The fourth-order valence-corrected chi connectivity index (χ4v) is 2.55. The summed E-state index contributed by atoms with van der Waals surface area (Å²) in [5.74, 6) is 0.429. The van der Waals surface area contributed by atoms with E-state index in [0.29, 0.717) is 18.8 Å². The Morgan fingerprint density at radius 1 is 1.33 bits per heavy atom. The molecule has 2 amide bonds. The maximum absolute atomic E-state index is 11.5. The molecule has 1 aliphatic heterocycles. The molecule has 0 saturated carbocycles. The molecule has 1 radical (unpaired) electrons. The molecule has 6 heteroatoms. The van der Waals surface area contributed by atoms with Gasteiger partial charge in [-0.05, 0) is 18.1 Å². The molecular formula is C12H13N2O3S. The first kappa shape index (κ1) is 12.9. The minimum absolute atomic E-state index is 0.186. The Hall–Kier alpha value is -1.53. The van der Waals surface area contributed by atoms with E-state index >= 15 is 0 Å². The maximum atomic E-state index is 11.5. The van der Waals surface area contributed by atoms with Gasteiger partial charge < -0.3 is 4.74 Å². The molecule has 0 aromatic heterocycles. The lowest BCUT2D eigenvalue weighted by Crippen LogP contribution is -2.25. The SMILES string of the molecule is [NH]CCOc1ccccc1CC1SC(=O)NC1=O. The molecule has 1 heterocycles. The van der Waals surface area contributed by atoms with Gasteiger partial charge in [0.2, 0.25) is 5.91 Å². The zero-order valence-electron chi connectivity index (χ0n) is 9.64. The molecule has 1 atom stereocenters. The Morgan fingerprint density at radius 3 is 2.78 bits per heavy atom. The maximum Gasteiger partial charge on any atom is 0.286 e. The average Bonchev–Trinajstić information content (AvgIpc) is 2.67. The Morgan fingerprint density at radius 2 is 2.11 bits per heavy atom. The molecule has 2 rings (SSSR count). The number of hydrogen-bond acceptors (Lipinski definition) is 4. The summed E-state index contributed by atoms with van der Waals surface area (Å²) < 4.78 is 5.45. The second kappa shape index (κ2) is 5.88. The average molecular weight is 265 g/mol. The summed E-state index contributed by atoms with van der Waals surface area (Å²) in [6.07, 6.45) is 0.455. The summed E-state index contributed by atoms with van der Waals surface area (Å²) in [6, 6.07) is 7.39. The normalized spacial score (nSPS) is 18.8. The van der Waals surface area contributed by atoms with Crippen molar-refractivity contribution in [2.45, 2.75) is 11.7 Å². The number of rotatable bonds is 5. The molecule has 18 heavy (non-hydrogen) atoms. The van der Waals surface area contributed by atoms with Gasteiger partial charge in [0.15, 0.2) is 0 Å². The first-order chi connectivity index (χ1) is 8.70. The number of nitrogens with one attached hydrogen (secondary N) is 2. The number of thioether (sulfide) groups is 1. The van der Waals surface area contributed by atoms with Crippen LogP contribution in [0.15, 0.2) is 24.3 Å². The molecule has 95 valence electrons. The van der Waals surface area contributed by atoms with Crippen molar-refractivity contribution in [3.63, 3.8) is 0 Å². The van der Waals surface area contributed by atoms with E-state index in [1.165, 1.54) is 0 Å². The van der Waals surface area contributed by atoms with E-state index in [1.54, 1.807) is 0 Å². The monoisotopic (exact) mass is 265 g/mol. The van der Waals surface area contributed by atoms with Crippen molar-refractivity contribution >= 4 is 22.9 Å². The summed E-state index contributed by atoms with van der Waals surface area (Å²) in [5.41, 5.74) is 7.95. The number of ether oxygens (including phenoxy) is 1. The highest BCUT2D eigenvalue weighted by molar-refractivity contribution is 8.15. The fourth-order valence-electron chi connectivity index (χ4n) is 1.70. The lowest BCUT2D eigenvalue weighted by molar-refractivity contribution is -0.118. The van der Waals surface area contributed by atoms with Crippen LogP contribution >= 0.6 is 11.8 Å². The van der Waals surface area contributed by atoms with Crippen LogP contribution in [0.25, 0.3) is 0 Å². The number of amides is 2. The molecule has 0 bridgehead atoms. The number of carbonyl (C=O) groups is 2. The number of benzene rings is 1. The molecule has 1 aliphatic rings. The van der Waals surface area contributed by atoms with Crippen LogP contribution in [0.3, 0.4) is 0 Å². The lowest BCUT2D eigenvalue weighted by atomic mass is 10.1. The highest BCUT2D eigenvalue weighted by atomic mass is 32.2. The van der Waals surface area contributed by atoms with Gasteiger partial charge in [0, 0.05) is 6.54 Å².